The maximum Gasteiger partial charge on any atom is 0.253 e. The fourth-order valence-corrected chi connectivity index (χ4v) is 3.28. The van der Waals surface area contributed by atoms with Gasteiger partial charge in [-0.2, -0.15) is 0 Å². The van der Waals surface area contributed by atoms with Gasteiger partial charge in [0.05, 0.1) is 17.4 Å². The lowest BCUT2D eigenvalue weighted by Gasteiger charge is -2.23. The van der Waals surface area contributed by atoms with Crippen LogP contribution in [0.1, 0.15) is 36.0 Å². The van der Waals surface area contributed by atoms with Crippen LogP contribution in [0.2, 0.25) is 0 Å². The van der Waals surface area contributed by atoms with Crippen LogP contribution in [0.15, 0.2) is 18.5 Å². The van der Waals surface area contributed by atoms with E-state index in [0.717, 1.165) is 12.3 Å². The van der Waals surface area contributed by atoms with Crippen molar-refractivity contribution in [2.75, 3.05) is 5.73 Å². The second kappa shape index (κ2) is 4.02. The summed E-state index contributed by atoms with van der Waals surface area (Å²) in [6, 6.07) is 2.03. The normalized spacial score (nSPS) is 30.5. The van der Waals surface area contributed by atoms with E-state index in [9.17, 15) is 4.79 Å². The minimum atomic E-state index is -0.0533. The first-order chi connectivity index (χ1) is 8.24. The molecule has 17 heavy (non-hydrogen) atoms. The van der Waals surface area contributed by atoms with E-state index in [1.807, 2.05) is 0 Å². The monoisotopic (exact) mass is 231 g/mol. The van der Waals surface area contributed by atoms with Crippen molar-refractivity contribution in [3.8, 4) is 0 Å². The van der Waals surface area contributed by atoms with Crippen molar-refractivity contribution in [1.29, 1.82) is 0 Å². The Hall–Kier alpha value is -1.58. The highest BCUT2D eigenvalue weighted by Crippen LogP contribution is 2.44. The molecule has 3 unspecified atom stereocenters. The molecule has 0 radical (unpaired) electrons. The summed E-state index contributed by atoms with van der Waals surface area (Å²) < 4.78 is 0. The molecule has 3 N–H and O–H groups in total. The molecule has 1 aromatic rings. The number of amides is 1. The quantitative estimate of drug-likeness (QED) is 0.812. The fraction of sp³-hybridized carbons (Fsp3) is 0.538. The summed E-state index contributed by atoms with van der Waals surface area (Å²) in [5.74, 6) is 1.47. The van der Waals surface area contributed by atoms with Crippen molar-refractivity contribution in [2.45, 2.75) is 31.7 Å². The van der Waals surface area contributed by atoms with Gasteiger partial charge in [0.2, 0.25) is 0 Å². The third-order valence-electron chi connectivity index (χ3n) is 4.15. The lowest BCUT2D eigenvalue weighted by atomic mass is 9.95. The predicted octanol–water partition coefficient (Wildman–Crippen LogP) is 1.58. The van der Waals surface area contributed by atoms with Crippen molar-refractivity contribution in [3.63, 3.8) is 0 Å². The number of hydrogen-bond donors (Lipinski definition) is 2. The minimum Gasteiger partial charge on any atom is -0.397 e. The van der Waals surface area contributed by atoms with Gasteiger partial charge in [-0.1, -0.05) is 6.42 Å². The van der Waals surface area contributed by atoms with Crippen molar-refractivity contribution >= 4 is 11.6 Å². The van der Waals surface area contributed by atoms with Crippen molar-refractivity contribution < 1.29 is 4.79 Å². The van der Waals surface area contributed by atoms with Gasteiger partial charge in [0, 0.05) is 12.2 Å². The molecule has 1 amide bonds. The van der Waals surface area contributed by atoms with E-state index in [4.69, 9.17) is 5.73 Å². The van der Waals surface area contributed by atoms with Gasteiger partial charge < -0.3 is 11.1 Å². The average Bonchev–Trinajstić information content (AvgIpc) is 2.91. The summed E-state index contributed by atoms with van der Waals surface area (Å²) in [6.45, 7) is 0. The fourth-order valence-electron chi connectivity index (χ4n) is 3.28. The van der Waals surface area contributed by atoms with Gasteiger partial charge in [-0.25, -0.2) is 0 Å². The second-order valence-corrected chi connectivity index (χ2v) is 5.22. The number of nitrogen functional groups attached to an aromatic ring is 1. The molecule has 4 heteroatoms. The van der Waals surface area contributed by atoms with Crippen LogP contribution in [0.25, 0.3) is 0 Å². The number of carbonyl (C=O) groups is 1. The Morgan fingerprint density at radius 3 is 2.94 bits per heavy atom. The molecule has 0 saturated heterocycles. The molecule has 4 nitrogen and oxygen atoms in total. The Morgan fingerprint density at radius 1 is 1.41 bits per heavy atom. The molecular formula is C13H17N3O. The number of fused-ring (bicyclic) bond motifs is 2. The molecule has 2 aliphatic carbocycles. The van der Waals surface area contributed by atoms with Gasteiger partial charge in [-0.15, -0.1) is 0 Å². The highest BCUT2D eigenvalue weighted by atomic mass is 16.1. The maximum absolute atomic E-state index is 12.1. The Bertz CT molecular complexity index is 446. The van der Waals surface area contributed by atoms with Crippen LogP contribution < -0.4 is 11.1 Å². The SMILES string of the molecule is Nc1cnccc1C(=O)NC1CC2CCC1C2. The summed E-state index contributed by atoms with van der Waals surface area (Å²) in [7, 11) is 0. The zero-order valence-corrected chi connectivity index (χ0v) is 9.73. The summed E-state index contributed by atoms with van der Waals surface area (Å²) >= 11 is 0. The van der Waals surface area contributed by atoms with E-state index in [1.54, 1.807) is 12.3 Å². The zero-order chi connectivity index (χ0) is 11.8. The summed E-state index contributed by atoms with van der Waals surface area (Å²) in [5, 5.41) is 3.12. The lowest BCUT2D eigenvalue weighted by molar-refractivity contribution is 0.0923. The van der Waals surface area contributed by atoms with Gasteiger partial charge in [0.15, 0.2) is 0 Å². The van der Waals surface area contributed by atoms with Crippen LogP contribution in [0.4, 0.5) is 5.69 Å². The molecule has 0 spiro atoms. The number of pyridine rings is 1. The number of nitrogens with one attached hydrogen (secondary N) is 1. The standard InChI is InChI=1S/C13H17N3O/c14-11-7-15-4-3-10(11)13(17)16-12-6-8-1-2-9(12)5-8/h3-4,7-9,12H,1-2,5-6,14H2,(H,16,17). The highest BCUT2D eigenvalue weighted by molar-refractivity contribution is 5.99. The number of hydrogen-bond acceptors (Lipinski definition) is 3. The average molecular weight is 231 g/mol. The molecule has 90 valence electrons. The van der Waals surface area contributed by atoms with Crippen LogP contribution in [0, 0.1) is 11.8 Å². The van der Waals surface area contributed by atoms with Gasteiger partial charge in [-0.05, 0) is 37.2 Å². The highest BCUT2D eigenvalue weighted by Gasteiger charge is 2.40. The molecule has 1 aromatic heterocycles. The number of anilines is 1. The van der Waals surface area contributed by atoms with Gasteiger partial charge in [0.25, 0.3) is 5.91 Å². The van der Waals surface area contributed by atoms with Crippen LogP contribution in [-0.4, -0.2) is 16.9 Å². The van der Waals surface area contributed by atoms with Crippen LogP contribution in [0.5, 0.6) is 0 Å². The third-order valence-corrected chi connectivity index (χ3v) is 4.15. The van der Waals surface area contributed by atoms with E-state index in [1.165, 1.54) is 25.5 Å². The van der Waals surface area contributed by atoms with Crippen molar-refractivity contribution in [2.24, 2.45) is 11.8 Å². The van der Waals surface area contributed by atoms with Gasteiger partial charge >= 0.3 is 0 Å². The summed E-state index contributed by atoms with van der Waals surface area (Å²) in [6.07, 6.45) is 8.16. The molecule has 2 fully saturated rings. The predicted molar refractivity (Wildman–Crippen MR) is 65.4 cm³/mol. The Kier molecular flexibility index (Phi) is 2.50. The Labute approximate surface area is 101 Å². The minimum absolute atomic E-state index is 0.0533. The smallest absolute Gasteiger partial charge is 0.253 e. The molecule has 2 saturated carbocycles. The molecular weight excluding hydrogens is 214 g/mol. The number of rotatable bonds is 2. The topological polar surface area (TPSA) is 68.0 Å². The number of nitrogens with zero attached hydrogens (tertiary/aromatic N) is 1. The molecule has 0 aromatic carbocycles. The molecule has 2 bridgehead atoms. The molecule has 3 rings (SSSR count). The van der Waals surface area contributed by atoms with E-state index in [0.29, 0.717) is 23.2 Å². The first-order valence-corrected chi connectivity index (χ1v) is 6.24. The molecule has 2 aliphatic rings. The number of nitrogens with two attached hydrogens (primary N) is 1. The van der Waals surface area contributed by atoms with Crippen molar-refractivity contribution in [1.82, 2.24) is 10.3 Å². The third kappa shape index (κ3) is 1.88. The summed E-state index contributed by atoms with van der Waals surface area (Å²) in [4.78, 5) is 16.0. The van der Waals surface area contributed by atoms with E-state index in [2.05, 4.69) is 10.3 Å². The molecule has 1 heterocycles. The van der Waals surface area contributed by atoms with E-state index < -0.39 is 0 Å². The van der Waals surface area contributed by atoms with Crippen LogP contribution in [0.3, 0.4) is 0 Å². The maximum atomic E-state index is 12.1. The number of aromatic nitrogens is 1. The molecule has 3 atom stereocenters. The Morgan fingerprint density at radius 2 is 2.29 bits per heavy atom. The molecule has 0 aliphatic heterocycles. The van der Waals surface area contributed by atoms with E-state index in [-0.39, 0.29) is 5.91 Å². The Balaban J connectivity index is 1.70. The second-order valence-electron chi connectivity index (χ2n) is 5.22. The van der Waals surface area contributed by atoms with Gasteiger partial charge in [-0.3, -0.25) is 9.78 Å². The van der Waals surface area contributed by atoms with Crippen LogP contribution >= 0.6 is 0 Å². The summed E-state index contributed by atoms with van der Waals surface area (Å²) in [5.41, 5.74) is 6.74. The lowest BCUT2D eigenvalue weighted by Crippen LogP contribution is -2.38. The van der Waals surface area contributed by atoms with E-state index >= 15 is 0 Å². The number of carbonyl (C=O) groups excluding carboxylic acids is 1. The van der Waals surface area contributed by atoms with Crippen LogP contribution in [-0.2, 0) is 0 Å². The first kappa shape index (κ1) is 10.6. The van der Waals surface area contributed by atoms with Gasteiger partial charge in [0.1, 0.15) is 0 Å². The first-order valence-electron chi connectivity index (χ1n) is 6.24. The largest absolute Gasteiger partial charge is 0.397 e. The zero-order valence-electron chi connectivity index (χ0n) is 9.73. The van der Waals surface area contributed by atoms with Crippen molar-refractivity contribution in [3.05, 3.63) is 24.0 Å².